The molecule has 2 aromatic carbocycles. The van der Waals surface area contributed by atoms with Crippen LogP contribution in [0.2, 0.25) is 0 Å². The molecule has 130 valence electrons. The minimum Gasteiger partial charge on any atom is -0.491 e. The third kappa shape index (κ3) is 5.25. The SMILES string of the molecule is Cc1cccc(C)c1OCCNC(=O)N(C)Cc1ccc(C#N)cc1. The number of para-hydroxylation sites is 1. The van der Waals surface area contributed by atoms with E-state index in [4.69, 9.17) is 10.00 Å². The molecule has 0 bridgehead atoms. The first-order chi connectivity index (χ1) is 12.0. The van der Waals surface area contributed by atoms with E-state index < -0.39 is 0 Å². The summed E-state index contributed by atoms with van der Waals surface area (Å²) in [6, 6.07) is 15.1. The summed E-state index contributed by atoms with van der Waals surface area (Å²) in [5, 5.41) is 11.6. The Morgan fingerprint density at radius 3 is 2.40 bits per heavy atom. The molecule has 5 nitrogen and oxygen atoms in total. The smallest absolute Gasteiger partial charge is 0.317 e. The maximum atomic E-state index is 12.1. The van der Waals surface area contributed by atoms with Gasteiger partial charge in [0.2, 0.25) is 0 Å². The van der Waals surface area contributed by atoms with Gasteiger partial charge in [-0.2, -0.15) is 5.26 Å². The zero-order chi connectivity index (χ0) is 18.2. The van der Waals surface area contributed by atoms with Crippen molar-refractivity contribution in [3.63, 3.8) is 0 Å². The van der Waals surface area contributed by atoms with Gasteiger partial charge < -0.3 is 15.0 Å². The van der Waals surface area contributed by atoms with Gasteiger partial charge in [0, 0.05) is 13.6 Å². The van der Waals surface area contributed by atoms with Gasteiger partial charge in [-0.1, -0.05) is 30.3 Å². The molecule has 0 atom stereocenters. The molecule has 0 aliphatic carbocycles. The van der Waals surface area contributed by atoms with Gasteiger partial charge in [-0.15, -0.1) is 0 Å². The maximum absolute atomic E-state index is 12.1. The van der Waals surface area contributed by atoms with Crippen molar-refractivity contribution < 1.29 is 9.53 Å². The van der Waals surface area contributed by atoms with E-state index in [0.717, 1.165) is 22.4 Å². The number of amides is 2. The van der Waals surface area contributed by atoms with Crippen LogP contribution in [-0.2, 0) is 6.54 Å². The van der Waals surface area contributed by atoms with Gasteiger partial charge in [0.05, 0.1) is 18.2 Å². The Kier molecular flexibility index (Phi) is 6.41. The zero-order valence-corrected chi connectivity index (χ0v) is 14.9. The summed E-state index contributed by atoms with van der Waals surface area (Å²) in [5.41, 5.74) is 3.76. The fourth-order valence-electron chi connectivity index (χ4n) is 2.50. The first-order valence-corrected chi connectivity index (χ1v) is 8.18. The van der Waals surface area contributed by atoms with Crippen LogP contribution >= 0.6 is 0 Å². The van der Waals surface area contributed by atoms with E-state index in [9.17, 15) is 4.79 Å². The standard InChI is InChI=1S/C20H23N3O2/c1-15-5-4-6-16(2)19(15)25-12-11-22-20(24)23(3)14-18-9-7-17(13-21)8-10-18/h4-10H,11-12,14H2,1-3H3,(H,22,24). The lowest BCUT2D eigenvalue weighted by molar-refractivity contribution is 0.203. The van der Waals surface area contributed by atoms with Crippen molar-refractivity contribution in [2.75, 3.05) is 20.2 Å². The normalized spacial score (nSPS) is 10.0. The van der Waals surface area contributed by atoms with Crippen molar-refractivity contribution in [3.8, 4) is 11.8 Å². The van der Waals surface area contributed by atoms with Crippen LogP contribution in [0.4, 0.5) is 4.79 Å². The number of urea groups is 1. The quantitative estimate of drug-likeness (QED) is 0.822. The molecule has 0 saturated heterocycles. The van der Waals surface area contributed by atoms with Gasteiger partial charge in [0.25, 0.3) is 0 Å². The highest BCUT2D eigenvalue weighted by atomic mass is 16.5. The summed E-state index contributed by atoms with van der Waals surface area (Å²) >= 11 is 0. The molecule has 0 unspecified atom stereocenters. The van der Waals surface area contributed by atoms with Crippen molar-refractivity contribution >= 4 is 6.03 Å². The van der Waals surface area contributed by atoms with E-state index in [2.05, 4.69) is 11.4 Å². The van der Waals surface area contributed by atoms with Crippen LogP contribution in [0.5, 0.6) is 5.75 Å². The summed E-state index contributed by atoms with van der Waals surface area (Å²) in [6.07, 6.45) is 0. The van der Waals surface area contributed by atoms with Gasteiger partial charge in [0.15, 0.2) is 0 Å². The van der Waals surface area contributed by atoms with Crippen molar-refractivity contribution in [1.82, 2.24) is 10.2 Å². The highest BCUT2D eigenvalue weighted by Crippen LogP contribution is 2.21. The summed E-state index contributed by atoms with van der Waals surface area (Å²) in [7, 11) is 1.74. The van der Waals surface area contributed by atoms with Gasteiger partial charge in [0.1, 0.15) is 12.4 Å². The maximum Gasteiger partial charge on any atom is 0.317 e. The van der Waals surface area contributed by atoms with Crippen molar-refractivity contribution in [3.05, 3.63) is 64.7 Å². The fraction of sp³-hybridized carbons (Fsp3) is 0.300. The van der Waals surface area contributed by atoms with Crippen LogP contribution in [0.1, 0.15) is 22.3 Å². The number of carbonyl (C=O) groups excluding carboxylic acids is 1. The number of rotatable bonds is 6. The Morgan fingerprint density at radius 2 is 1.80 bits per heavy atom. The largest absolute Gasteiger partial charge is 0.491 e. The van der Waals surface area contributed by atoms with Crippen molar-refractivity contribution in [2.24, 2.45) is 0 Å². The van der Waals surface area contributed by atoms with Crippen LogP contribution in [0.15, 0.2) is 42.5 Å². The molecule has 5 heteroatoms. The number of nitrogens with zero attached hydrogens (tertiary/aromatic N) is 2. The van der Waals surface area contributed by atoms with E-state index in [1.54, 1.807) is 24.1 Å². The predicted octanol–water partition coefficient (Wildman–Crippen LogP) is 3.40. The Balaban J connectivity index is 1.76. The number of ether oxygens (including phenoxy) is 1. The molecule has 0 fully saturated rings. The monoisotopic (exact) mass is 337 g/mol. The highest BCUT2D eigenvalue weighted by molar-refractivity contribution is 5.73. The lowest BCUT2D eigenvalue weighted by atomic mass is 10.1. The number of hydrogen-bond donors (Lipinski definition) is 1. The second kappa shape index (κ2) is 8.74. The molecular weight excluding hydrogens is 314 g/mol. The average molecular weight is 337 g/mol. The predicted molar refractivity (Wildman–Crippen MR) is 97.4 cm³/mol. The molecule has 1 N–H and O–H groups in total. The molecule has 0 heterocycles. The average Bonchev–Trinajstić information content (AvgIpc) is 2.61. The van der Waals surface area contributed by atoms with E-state index in [-0.39, 0.29) is 6.03 Å². The molecule has 2 aromatic rings. The van der Waals surface area contributed by atoms with Crippen LogP contribution in [-0.4, -0.2) is 31.1 Å². The molecule has 0 radical (unpaired) electrons. The molecule has 0 saturated carbocycles. The first-order valence-electron chi connectivity index (χ1n) is 8.18. The Hall–Kier alpha value is -3.00. The summed E-state index contributed by atoms with van der Waals surface area (Å²) in [4.78, 5) is 13.7. The van der Waals surface area contributed by atoms with Gasteiger partial charge in [-0.25, -0.2) is 4.79 Å². The van der Waals surface area contributed by atoms with Crippen LogP contribution in [0.25, 0.3) is 0 Å². The molecule has 25 heavy (non-hydrogen) atoms. The van der Waals surface area contributed by atoms with E-state index >= 15 is 0 Å². The second-order valence-electron chi connectivity index (χ2n) is 5.97. The summed E-state index contributed by atoms with van der Waals surface area (Å²) in [5.74, 6) is 0.877. The molecule has 0 aliphatic rings. The molecule has 2 amide bonds. The fourth-order valence-corrected chi connectivity index (χ4v) is 2.50. The second-order valence-corrected chi connectivity index (χ2v) is 5.97. The van der Waals surface area contributed by atoms with E-state index in [1.807, 2.05) is 44.2 Å². The number of nitriles is 1. The molecule has 0 aliphatic heterocycles. The summed E-state index contributed by atoms with van der Waals surface area (Å²) < 4.78 is 5.78. The van der Waals surface area contributed by atoms with E-state index in [1.165, 1.54) is 0 Å². The molecule has 0 spiro atoms. The summed E-state index contributed by atoms with van der Waals surface area (Å²) in [6.45, 7) is 5.35. The van der Waals surface area contributed by atoms with Gasteiger partial charge in [-0.05, 0) is 42.7 Å². The minimum absolute atomic E-state index is 0.158. The Morgan fingerprint density at radius 1 is 1.16 bits per heavy atom. The van der Waals surface area contributed by atoms with Gasteiger partial charge >= 0.3 is 6.03 Å². The van der Waals surface area contributed by atoms with Crippen LogP contribution in [0, 0.1) is 25.2 Å². The molecular formula is C20H23N3O2. The van der Waals surface area contributed by atoms with E-state index in [0.29, 0.717) is 25.3 Å². The third-order valence-electron chi connectivity index (χ3n) is 3.88. The highest BCUT2D eigenvalue weighted by Gasteiger charge is 2.09. The molecule has 2 rings (SSSR count). The van der Waals surface area contributed by atoms with Gasteiger partial charge in [-0.3, -0.25) is 0 Å². The Labute approximate surface area is 148 Å². The lowest BCUT2D eigenvalue weighted by Crippen LogP contribution is -2.38. The zero-order valence-electron chi connectivity index (χ0n) is 14.9. The van der Waals surface area contributed by atoms with Crippen molar-refractivity contribution in [2.45, 2.75) is 20.4 Å². The lowest BCUT2D eigenvalue weighted by Gasteiger charge is -2.18. The van der Waals surface area contributed by atoms with Crippen molar-refractivity contribution in [1.29, 1.82) is 5.26 Å². The first kappa shape index (κ1) is 18.3. The molecule has 0 aromatic heterocycles. The van der Waals surface area contributed by atoms with Crippen LogP contribution < -0.4 is 10.1 Å². The number of carbonyl (C=O) groups is 1. The number of benzene rings is 2. The number of nitrogens with one attached hydrogen (secondary N) is 1. The minimum atomic E-state index is -0.158. The third-order valence-corrected chi connectivity index (χ3v) is 3.88. The number of aryl methyl sites for hydroxylation is 2. The topological polar surface area (TPSA) is 65.4 Å². The Bertz CT molecular complexity index is 743. The number of hydrogen-bond acceptors (Lipinski definition) is 3. The van der Waals surface area contributed by atoms with Crippen LogP contribution in [0.3, 0.4) is 0 Å².